The van der Waals surface area contributed by atoms with E-state index >= 15 is 0 Å². The van der Waals surface area contributed by atoms with Gasteiger partial charge in [-0.2, -0.15) is 0 Å². The van der Waals surface area contributed by atoms with Gasteiger partial charge in [-0.05, 0) is 37.3 Å². The fourth-order valence-electron chi connectivity index (χ4n) is 1.63. The van der Waals surface area contributed by atoms with Crippen LogP contribution in [0.3, 0.4) is 0 Å². The Hall–Kier alpha value is -1.08. The highest BCUT2D eigenvalue weighted by Crippen LogP contribution is 2.11. The van der Waals surface area contributed by atoms with Crippen molar-refractivity contribution in [2.24, 2.45) is 0 Å². The van der Waals surface area contributed by atoms with Crippen molar-refractivity contribution >= 4 is 0 Å². The van der Waals surface area contributed by atoms with Crippen molar-refractivity contribution in [3.8, 4) is 0 Å². The molecule has 1 nitrogen and oxygen atoms in total. The average Bonchev–Trinajstić information content (AvgIpc) is 2.27. The Bertz CT molecular complexity index is 300. The molecule has 0 heterocycles. The summed E-state index contributed by atoms with van der Waals surface area (Å²) in [5.41, 5.74) is 2.38. The maximum atomic E-state index is 9.84. The maximum absolute atomic E-state index is 9.84. The van der Waals surface area contributed by atoms with Crippen LogP contribution >= 0.6 is 0 Å². The van der Waals surface area contributed by atoms with E-state index in [2.05, 4.69) is 25.1 Å². The maximum Gasteiger partial charge on any atom is 0.0750 e. The Morgan fingerprint density at radius 3 is 2.60 bits per heavy atom. The van der Waals surface area contributed by atoms with Gasteiger partial charge in [0.05, 0.1) is 6.10 Å². The highest BCUT2D eigenvalue weighted by molar-refractivity contribution is 5.15. The van der Waals surface area contributed by atoms with Crippen LogP contribution in [0.4, 0.5) is 0 Å². The molecule has 82 valence electrons. The van der Waals surface area contributed by atoms with Crippen LogP contribution in [0, 0.1) is 0 Å². The van der Waals surface area contributed by atoms with Crippen molar-refractivity contribution in [3.63, 3.8) is 0 Å². The summed E-state index contributed by atoms with van der Waals surface area (Å²) in [5.74, 6) is 0. The molecule has 0 aliphatic carbocycles. The topological polar surface area (TPSA) is 20.2 Å². The number of aliphatic hydroxyl groups is 1. The van der Waals surface area contributed by atoms with Gasteiger partial charge in [0.2, 0.25) is 0 Å². The van der Waals surface area contributed by atoms with Crippen LogP contribution in [0.15, 0.2) is 42.0 Å². The lowest BCUT2D eigenvalue weighted by Gasteiger charge is -2.11. The number of hydrogen-bond acceptors (Lipinski definition) is 1. The summed E-state index contributed by atoms with van der Waals surface area (Å²) in [7, 11) is 0. The minimum absolute atomic E-state index is 0.287. The van der Waals surface area contributed by atoms with Gasteiger partial charge in [0.25, 0.3) is 0 Å². The van der Waals surface area contributed by atoms with Gasteiger partial charge in [0.1, 0.15) is 0 Å². The van der Waals surface area contributed by atoms with E-state index in [0.29, 0.717) is 0 Å². The first-order valence-corrected chi connectivity index (χ1v) is 5.62. The van der Waals surface area contributed by atoms with E-state index in [0.717, 1.165) is 24.8 Å². The monoisotopic (exact) mass is 204 g/mol. The Kier molecular flexibility index (Phi) is 5.13. The molecule has 0 saturated carbocycles. The highest BCUT2D eigenvalue weighted by atomic mass is 16.3. The molecule has 0 bridgehead atoms. The fraction of sp³-hybridized carbons (Fsp3) is 0.429. The van der Waals surface area contributed by atoms with E-state index in [9.17, 15) is 5.11 Å². The van der Waals surface area contributed by atoms with Gasteiger partial charge >= 0.3 is 0 Å². The molecule has 1 rings (SSSR count). The summed E-state index contributed by atoms with van der Waals surface area (Å²) in [4.78, 5) is 0. The minimum Gasteiger partial charge on any atom is -0.389 e. The van der Waals surface area contributed by atoms with E-state index in [4.69, 9.17) is 0 Å². The second kappa shape index (κ2) is 6.41. The Labute approximate surface area is 92.5 Å². The van der Waals surface area contributed by atoms with Crippen LogP contribution < -0.4 is 0 Å². The molecule has 0 aliphatic rings. The van der Waals surface area contributed by atoms with Crippen LogP contribution in [0.2, 0.25) is 0 Å². The van der Waals surface area contributed by atoms with Crippen molar-refractivity contribution in [2.45, 2.75) is 39.2 Å². The number of hydrogen-bond donors (Lipinski definition) is 1. The fourth-order valence-corrected chi connectivity index (χ4v) is 1.63. The predicted octanol–water partition coefficient (Wildman–Crippen LogP) is 3.34. The van der Waals surface area contributed by atoms with Crippen molar-refractivity contribution in [3.05, 3.63) is 47.5 Å². The summed E-state index contributed by atoms with van der Waals surface area (Å²) < 4.78 is 0. The summed E-state index contributed by atoms with van der Waals surface area (Å²) >= 11 is 0. The lowest BCUT2D eigenvalue weighted by atomic mass is 10.0. The molecule has 0 aliphatic heterocycles. The first-order valence-electron chi connectivity index (χ1n) is 5.62. The van der Waals surface area contributed by atoms with Crippen LogP contribution in [0.25, 0.3) is 0 Å². The molecule has 0 saturated heterocycles. The molecule has 0 spiro atoms. The SMILES string of the molecule is CCC=C(C)C(O)CCc1ccccc1. The molecule has 1 atom stereocenters. The van der Waals surface area contributed by atoms with Crippen molar-refractivity contribution < 1.29 is 5.11 Å². The second-order valence-electron chi connectivity index (χ2n) is 3.90. The third-order valence-electron chi connectivity index (χ3n) is 2.60. The molecule has 1 N–H and O–H groups in total. The quantitative estimate of drug-likeness (QED) is 0.729. The largest absolute Gasteiger partial charge is 0.389 e. The van der Waals surface area contributed by atoms with E-state index in [1.54, 1.807) is 0 Å². The zero-order chi connectivity index (χ0) is 11.1. The van der Waals surface area contributed by atoms with Gasteiger partial charge in [-0.25, -0.2) is 0 Å². The van der Waals surface area contributed by atoms with Crippen LogP contribution in [-0.2, 0) is 6.42 Å². The normalized spacial score (nSPS) is 13.9. The summed E-state index contributed by atoms with van der Waals surface area (Å²) in [6.45, 7) is 4.09. The molecule has 15 heavy (non-hydrogen) atoms. The lowest BCUT2D eigenvalue weighted by molar-refractivity contribution is 0.200. The minimum atomic E-state index is -0.287. The smallest absolute Gasteiger partial charge is 0.0750 e. The van der Waals surface area contributed by atoms with E-state index in [-0.39, 0.29) is 6.10 Å². The van der Waals surface area contributed by atoms with Crippen molar-refractivity contribution in [1.29, 1.82) is 0 Å². The Morgan fingerprint density at radius 2 is 2.00 bits per heavy atom. The number of allylic oxidation sites excluding steroid dienone is 1. The molecule has 1 unspecified atom stereocenters. The summed E-state index contributed by atoms with van der Waals surface area (Å²) in [6.07, 6.45) is 4.55. The van der Waals surface area contributed by atoms with Gasteiger partial charge in [-0.3, -0.25) is 0 Å². The summed E-state index contributed by atoms with van der Waals surface area (Å²) in [5, 5.41) is 9.84. The molecular formula is C14H20O. The predicted molar refractivity (Wildman–Crippen MR) is 64.8 cm³/mol. The van der Waals surface area contributed by atoms with Gasteiger partial charge in [-0.1, -0.05) is 43.3 Å². The number of aliphatic hydroxyl groups excluding tert-OH is 1. The van der Waals surface area contributed by atoms with E-state index in [1.807, 2.05) is 25.1 Å². The van der Waals surface area contributed by atoms with Crippen LogP contribution in [0.1, 0.15) is 32.3 Å². The molecular weight excluding hydrogens is 184 g/mol. The number of rotatable bonds is 5. The van der Waals surface area contributed by atoms with E-state index in [1.165, 1.54) is 5.56 Å². The third-order valence-corrected chi connectivity index (χ3v) is 2.60. The first-order chi connectivity index (χ1) is 7.24. The number of aryl methyl sites for hydroxylation is 1. The zero-order valence-electron chi connectivity index (χ0n) is 9.61. The molecule has 0 radical (unpaired) electrons. The average molecular weight is 204 g/mol. The van der Waals surface area contributed by atoms with Crippen molar-refractivity contribution in [2.75, 3.05) is 0 Å². The first kappa shape index (κ1) is 12.0. The Morgan fingerprint density at radius 1 is 1.33 bits per heavy atom. The molecule has 0 amide bonds. The third kappa shape index (κ3) is 4.30. The molecule has 0 fully saturated rings. The standard InChI is InChI=1S/C14H20O/c1-3-7-12(2)14(15)11-10-13-8-5-4-6-9-13/h4-9,14-15H,3,10-11H2,1-2H3. The van der Waals surface area contributed by atoms with Gasteiger partial charge < -0.3 is 5.11 Å². The van der Waals surface area contributed by atoms with Gasteiger partial charge in [0, 0.05) is 0 Å². The zero-order valence-corrected chi connectivity index (χ0v) is 9.61. The number of benzene rings is 1. The lowest BCUT2D eigenvalue weighted by Crippen LogP contribution is -2.09. The van der Waals surface area contributed by atoms with Crippen molar-refractivity contribution in [1.82, 2.24) is 0 Å². The highest BCUT2D eigenvalue weighted by Gasteiger charge is 2.05. The molecule has 1 heteroatoms. The van der Waals surface area contributed by atoms with Crippen LogP contribution in [-0.4, -0.2) is 11.2 Å². The Balaban J connectivity index is 2.41. The summed E-state index contributed by atoms with van der Waals surface area (Å²) in [6, 6.07) is 10.3. The van der Waals surface area contributed by atoms with Gasteiger partial charge in [-0.15, -0.1) is 0 Å². The van der Waals surface area contributed by atoms with E-state index < -0.39 is 0 Å². The molecule has 1 aromatic carbocycles. The molecule has 0 aromatic heterocycles. The van der Waals surface area contributed by atoms with Gasteiger partial charge in [0.15, 0.2) is 0 Å². The molecule has 1 aromatic rings. The van der Waals surface area contributed by atoms with Crippen LogP contribution in [0.5, 0.6) is 0 Å². The second-order valence-corrected chi connectivity index (χ2v) is 3.90.